The van der Waals surface area contributed by atoms with Gasteiger partial charge >= 0.3 is 0 Å². The van der Waals surface area contributed by atoms with E-state index in [0.29, 0.717) is 18.0 Å². The van der Waals surface area contributed by atoms with Crippen molar-refractivity contribution >= 4 is 5.91 Å². The third-order valence-electron chi connectivity index (χ3n) is 3.60. The van der Waals surface area contributed by atoms with Crippen molar-refractivity contribution in [3.05, 3.63) is 54.1 Å². The average molecular weight is 329 g/mol. The highest BCUT2D eigenvalue weighted by molar-refractivity contribution is 5.80. The van der Waals surface area contributed by atoms with Gasteiger partial charge in [-0.25, -0.2) is 0 Å². The summed E-state index contributed by atoms with van der Waals surface area (Å²) in [5.41, 5.74) is 1.14. The molecule has 5 nitrogen and oxygen atoms in total. The molecule has 0 aromatic heterocycles. The molecule has 1 atom stereocenters. The van der Waals surface area contributed by atoms with E-state index in [-0.39, 0.29) is 5.91 Å². The monoisotopic (exact) mass is 329 g/mol. The Morgan fingerprint density at radius 1 is 1.00 bits per heavy atom. The molecule has 0 aliphatic carbocycles. The van der Waals surface area contributed by atoms with Crippen LogP contribution in [0.2, 0.25) is 0 Å². The SMILES string of the molecule is COc1ccc(CCNC(=O)C(C)Oc2cccc(OC)c2)cc1. The van der Waals surface area contributed by atoms with Gasteiger partial charge in [0.2, 0.25) is 0 Å². The molecular weight excluding hydrogens is 306 g/mol. The van der Waals surface area contributed by atoms with E-state index >= 15 is 0 Å². The maximum Gasteiger partial charge on any atom is 0.260 e. The Labute approximate surface area is 142 Å². The van der Waals surface area contributed by atoms with Crippen LogP contribution in [0.5, 0.6) is 17.2 Å². The lowest BCUT2D eigenvalue weighted by molar-refractivity contribution is -0.127. The summed E-state index contributed by atoms with van der Waals surface area (Å²) in [6, 6.07) is 15.0. The molecule has 0 heterocycles. The number of ether oxygens (including phenoxy) is 3. The first-order valence-electron chi connectivity index (χ1n) is 7.83. The van der Waals surface area contributed by atoms with Crippen molar-refractivity contribution in [3.63, 3.8) is 0 Å². The van der Waals surface area contributed by atoms with Crippen LogP contribution in [0.15, 0.2) is 48.5 Å². The van der Waals surface area contributed by atoms with Gasteiger partial charge in [0.1, 0.15) is 17.2 Å². The predicted molar refractivity (Wildman–Crippen MR) is 92.8 cm³/mol. The molecule has 0 saturated carbocycles. The first kappa shape index (κ1) is 17.7. The van der Waals surface area contributed by atoms with Gasteiger partial charge in [-0.1, -0.05) is 18.2 Å². The second-order valence-electron chi connectivity index (χ2n) is 5.33. The average Bonchev–Trinajstić information content (AvgIpc) is 2.62. The maximum absolute atomic E-state index is 12.1. The van der Waals surface area contributed by atoms with Gasteiger partial charge in [0.25, 0.3) is 5.91 Å². The Hall–Kier alpha value is -2.69. The predicted octanol–water partition coefficient (Wildman–Crippen LogP) is 2.83. The molecule has 0 spiro atoms. The zero-order chi connectivity index (χ0) is 17.4. The first-order valence-corrected chi connectivity index (χ1v) is 7.83. The molecule has 24 heavy (non-hydrogen) atoms. The summed E-state index contributed by atoms with van der Waals surface area (Å²) in [5.74, 6) is 1.97. The van der Waals surface area contributed by atoms with Gasteiger partial charge in [-0.05, 0) is 43.2 Å². The van der Waals surface area contributed by atoms with Gasteiger partial charge in [-0.3, -0.25) is 4.79 Å². The van der Waals surface area contributed by atoms with Gasteiger partial charge in [-0.2, -0.15) is 0 Å². The summed E-state index contributed by atoms with van der Waals surface area (Å²) in [5, 5.41) is 2.88. The summed E-state index contributed by atoms with van der Waals surface area (Å²) in [4.78, 5) is 12.1. The Balaban J connectivity index is 1.78. The molecule has 0 fully saturated rings. The Morgan fingerprint density at radius 3 is 2.33 bits per heavy atom. The van der Waals surface area contributed by atoms with Gasteiger partial charge in [-0.15, -0.1) is 0 Å². The summed E-state index contributed by atoms with van der Waals surface area (Å²) >= 11 is 0. The zero-order valence-corrected chi connectivity index (χ0v) is 14.2. The normalized spacial score (nSPS) is 11.5. The molecule has 1 N–H and O–H groups in total. The number of amides is 1. The van der Waals surface area contributed by atoms with Crippen LogP contribution in [-0.2, 0) is 11.2 Å². The largest absolute Gasteiger partial charge is 0.497 e. The van der Waals surface area contributed by atoms with E-state index in [1.165, 1.54) is 0 Å². The Bertz CT molecular complexity index is 655. The van der Waals surface area contributed by atoms with Crippen LogP contribution in [0.3, 0.4) is 0 Å². The van der Waals surface area contributed by atoms with Gasteiger partial charge in [0.15, 0.2) is 6.10 Å². The standard InChI is InChI=1S/C19H23NO4/c1-14(24-18-6-4-5-17(13-18)23-3)19(21)20-12-11-15-7-9-16(22-2)10-8-15/h4-10,13-14H,11-12H2,1-3H3,(H,20,21). The highest BCUT2D eigenvalue weighted by Gasteiger charge is 2.14. The van der Waals surface area contributed by atoms with Crippen molar-refractivity contribution in [2.24, 2.45) is 0 Å². The fourth-order valence-electron chi connectivity index (χ4n) is 2.20. The summed E-state index contributed by atoms with van der Waals surface area (Å²) < 4.78 is 15.9. The molecule has 0 aliphatic heterocycles. The van der Waals surface area contributed by atoms with Crippen molar-refractivity contribution in [3.8, 4) is 17.2 Å². The maximum atomic E-state index is 12.1. The van der Waals surface area contributed by atoms with Crippen molar-refractivity contribution in [2.45, 2.75) is 19.4 Å². The molecule has 1 amide bonds. The van der Waals surface area contributed by atoms with E-state index in [1.807, 2.05) is 36.4 Å². The molecule has 0 aliphatic rings. The third kappa shape index (κ3) is 5.19. The van der Waals surface area contributed by atoms with E-state index in [0.717, 1.165) is 17.7 Å². The van der Waals surface area contributed by atoms with E-state index in [1.54, 1.807) is 33.3 Å². The Kier molecular flexibility index (Phi) is 6.49. The van der Waals surface area contributed by atoms with Crippen LogP contribution in [0.1, 0.15) is 12.5 Å². The van der Waals surface area contributed by atoms with Gasteiger partial charge in [0, 0.05) is 12.6 Å². The third-order valence-corrected chi connectivity index (χ3v) is 3.60. The molecule has 2 rings (SSSR count). The molecule has 2 aromatic carbocycles. The summed E-state index contributed by atoms with van der Waals surface area (Å²) in [6.07, 6.45) is 0.176. The number of carbonyl (C=O) groups excluding carboxylic acids is 1. The Morgan fingerprint density at radius 2 is 1.67 bits per heavy atom. The summed E-state index contributed by atoms with van der Waals surface area (Å²) in [7, 11) is 3.23. The lowest BCUT2D eigenvalue weighted by atomic mass is 10.1. The van der Waals surface area contributed by atoms with E-state index in [2.05, 4.69) is 5.32 Å². The minimum Gasteiger partial charge on any atom is -0.497 e. The second-order valence-corrected chi connectivity index (χ2v) is 5.33. The highest BCUT2D eigenvalue weighted by Crippen LogP contribution is 2.20. The van der Waals surface area contributed by atoms with Crippen LogP contribution in [0.4, 0.5) is 0 Å². The number of carbonyl (C=O) groups is 1. The zero-order valence-electron chi connectivity index (χ0n) is 14.2. The minimum absolute atomic E-state index is 0.147. The molecule has 1 unspecified atom stereocenters. The van der Waals surface area contributed by atoms with Crippen LogP contribution >= 0.6 is 0 Å². The first-order chi connectivity index (χ1) is 11.6. The molecule has 2 aromatic rings. The highest BCUT2D eigenvalue weighted by atomic mass is 16.5. The van der Waals surface area contributed by atoms with Crippen LogP contribution in [0.25, 0.3) is 0 Å². The molecular formula is C19H23NO4. The second kappa shape index (κ2) is 8.82. The fraction of sp³-hybridized carbons (Fsp3) is 0.316. The lowest BCUT2D eigenvalue weighted by Crippen LogP contribution is -2.37. The van der Waals surface area contributed by atoms with Crippen LogP contribution in [-0.4, -0.2) is 32.8 Å². The van der Waals surface area contributed by atoms with Gasteiger partial charge < -0.3 is 19.5 Å². The molecule has 0 bridgehead atoms. The number of nitrogens with one attached hydrogen (secondary N) is 1. The number of hydrogen-bond acceptors (Lipinski definition) is 4. The summed E-state index contributed by atoms with van der Waals surface area (Å²) in [6.45, 7) is 2.28. The molecule has 0 saturated heterocycles. The molecule has 0 radical (unpaired) electrons. The van der Waals surface area contributed by atoms with Crippen molar-refractivity contribution in [1.82, 2.24) is 5.32 Å². The number of hydrogen-bond donors (Lipinski definition) is 1. The van der Waals surface area contributed by atoms with E-state index < -0.39 is 6.10 Å². The number of rotatable bonds is 8. The topological polar surface area (TPSA) is 56.8 Å². The van der Waals surface area contributed by atoms with Crippen LogP contribution < -0.4 is 19.5 Å². The minimum atomic E-state index is -0.576. The van der Waals surface area contributed by atoms with E-state index in [9.17, 15) is 4.79 Å². The van der Waals surface area contributed by atoms with Crippen LogP contribution in [0, 0.1) is 0 Å². The molecule has 5 heteroatoms. The van der Waals surface area contributed by atoms with Crippen molar-refractivity contribution in [1.29, 1.82) is 0 Å². The van der Waals surface area contributed by atoms with E-state index in [4.69, 9.17) is 14.2 Å². The van der Waals surface area contributed by atoms with Gasteiger partial charge in [0.05, 0.1) is 14.2 Å². The van der Waals surface area contributed by atoms with Crippen molar-refractivity contribution in [2.75, 3.05) is 20.8 Å². The lowest BCUT2D eigenvalue weighted by Gasteiger charge is -2.15. The fourth-order valence-corrected chi connectivity index (χ4v) is 2.20. The number of methoxy groups -OCH3 is 2. The molecule has 128 valence electrons. The van der Waals surface area contributed by atoms with Crippen molar-refractivity contribution < 1.29 is 19.0 Å². The number of benzene rings is 2. The smallest absolute Gasteiger partial charge is 0.260 e. The quantitative estimate of drug-likeness (QED) is 0.809.